The van der Waals surface area contributed by atoms with Gasteiger partial charge in [-0.25, -0.2) is 0 Å². The summed E-state index contributed by atoms with van der Waals surface area (Å²) in [5, 5.41) is 5.38. The van der Waals surface area contributed by atoms with Crippen LogP contribution in [0.3, 0.4) is 0 Å². The van der Waals surface area contributed by atoms with E-state index in [2.05, 4.69) is 10.6 Å². The molecular formula is C14H15N3O3. The molecule has 1 heterocycles. The van der Waals surface area contributed by atoms with Crippen LogP contribution in [-0.4, -0.2) is 18.4 Å². The van der Waals surface area contributed by atoms with Gasteiger partial charge in [-0.2, -0.15) is 0 Å². The summed E-state index contributed by atoms with van der Waals surface area (Å²) in [5.41, 5.74) is 7.33. The smallest absolute Gasteiger partial charge is 0.291 e. The first-order chi connectivity index (χ1) is 9.60. The Balaban J connectivity index is 2.10. The molecule has 6 heteroatoms. The number of hydrogen-bond donors (Lipinski definition) is 3. The molecule has 0 spiro atoms. The highest BCUT2D eigenvalue weighted by atomic mass is 16.3. The molecule has 1 aromatic carbocycles. The fraction of sp³-hybridized carbons (Fsp3) is 0.143. The average Bonchev–Trinajstić information content (AvgIpc) is 2.95. The van der Waals surface area contributed by atoms with Crippen molar-refractivity contribution in [1.29, 1.82) is 0 Å². The van der Waals surface area contributed by atoms with Crippen LogP contribution in [0.15, 0.2) is 41.0 Å². The number of nitrogens with one attached hydrogen (secondary N) is 2. The van der Waals surface area contributed by atoms with Crippen LogP contribution in [0.4, 0.5) is 11.4 Å². The maximum Gasteiger partial charge on any atom is 0.291 e. The molecule has 0 saturated heterocycles. The lowest BCUT2D eigenvalue weighted by molar-refractivity contribution is -0.114. The van der Waals surface area contributed by atoms with Crippen molar-refractivity contribution in [1.82, 2.24) is 0 Å². The van der Waals surface area contributed by atoms with E-state index in [9.17, 15) is 9.59 Å². The van der Waals surface area contributed by atoms with Crippen molar-refractivity contribution in [2.45, 2.75) is 6.92 Å². The van der Waals surface area contributed by atoms with Crippen LogP contribution in [0.25, 0.3) is 0 Å². The molecule has 0 unspecified atom stereocenters. The summed E-state index contributed by atoms with van der Waals surface area (Å²) in [6.07, 6.45) is 1.44. The largest absolute Gasteiger partial charge is 0.459 e. The molecular weight excluding hydrogens is 258 g/mol. The van der Waals surface area contributed by atoms with Crippen molar-refractivity contribution in [3.63, 3.8) is 0 Å². The van der Waals surface area contributed by atoms with E-state index in [4.69, 9.17) is 10.2 Å². The summed E-state index contributed by atoms with van der Waals surface area (Å²) >= 11 is 0. The zero-order valence-corrected chi connectivity index (χ0v) is 11.0. The average molecular weight is 273 g/mol. The van der Waals surface area contributed by atoms with Gasteiger partial charge in [0.2, 0.25) is 5.91 Å². The Labute approximate surface area is 116 Å². The predicted octanol–water partition coefficient (Wildman–Crippen LogP) is 1.74. The quantitative estimate of drug-likeness (QED) is 0.790. The zero-order valence-electron chi connectivity index (χ0n) is 11.0. The third-order valence-electron chi connectivity index (χ3n) is 2.69. The number of rotatable bonds is 4. The molecule has 0 fully saturated rings. The second-order valence-corrected chi connectivity index (χ2v) is 4.21. The van der Waals surface area contributed by atoms with Crippen molar-refractivity contribution >= 4 is 23.2 Å². The van der Waals surface area contributed by atoms with Gasteiger partial charge < -0.3 is 20.8 Å². The SMILES string of the molecule is Cc1cc(NC(=O)CN)ccc1NC(=O)c1ccco1. The molecule has 0 bridgehead atoms. The van der Waals surface area contributed by atoms with Gasteiger partial charge in [-0.1, -0.05) is 0 Å². The minimum absolute atomic E-state index is 0.0734. The Bertz CT molecular complexity index is 621. The Kier molecular flexibility index (Phi) is 4.17. The maximum absolute atomic E-state index is 11.8. The van der Waals surface area contributed by atoms with E-state index in [0.717, 1.165) is 5.56 Å². The highest BCUT2D eigenvalue weighted by molar-refractivity contribution is 6.03. The van der Waals surface area contributed by atoms with Crippen molar-refractivity contribution < 1.29 is 14.0 Å². The van der Waals surface area contributed by atoms with Gasteiger partial charge in [-0.15, -0.1) is 0 Å². The summed E-state index contributed by atoms with van der Waals surface area (Å²) in [5.74, 6) is -0.349. The van der Waals surface area contributed by atoms with Gasteiger partial charge in [-0.05, 0) is 42.8 Å². The molecule has 4 N–H and O–H groups in total. The van der Waals surface area contributed by atoms with Crippen molar-refractivity contribution in [3.8, 4) is 0 Å². The molecule has 1 aromatic heterocycles. The van der Waals surface area contributed by atoms with Crippen molar-refractivity contribution in [2.75, 3.05) is 17.2 Å². The first-order valence-electron chi connectivity index (χ1n) is 6.05. The van der Waals surface area contributed by atoms with E-state index in [0.29, 0.717) is 11.4 Å². The highest BCUT2D eigenvalue weighted by Crippen LogP contribution is 2.20. The Hall–Kier alpha value is -2.60. The standard InChI is InChI=1S/C14H15N3O3/c1-9-7-10(16-13(18)8-15)4-5-11(9)17-14(19)12-3-2-6-20-12/h2-7H,8,15H2,1H3,(H,16,18)(H,17,19). The number of carbonyl (C=O) groups excluding carboxylic acids is 2. The molecule has 104 valence electrons. The van der Waals surface area contributed by atoms with Crippen LogP contribution in [0, 0.1) is 6.92 Å². The molecule has 0 atom stereocenters. The number of aryl methyl sites for hydroxylation is 1. The number of nitrogens with two attached hydrogens (primary N) is 1. The van der Waals surface area contributed by atoms with E-state index >= 15 is 0 Å². The van der Waals surface area contributed by atoms with Gasteiger partial charge in [-0.3, -0.25) is 9.59 Å². The molecule has 2 amide bonds. The van der Waals surface area contributed by atoms with Gasteiger partial charge in [0.05, 0.1) is 12.8 Å². The molecule has 0 radical (unpaired) electrons. The van der Waals surface area contributed by atoms with Gasteiger partial charge in [0, 0.05) is 11.4 Å². The molecule has 6 nitrogen and oxygen atoms in total. The molecule has 0 saturated carbocycles. The Morgan fingerprint density at radius 2 is 2.05 bits per heavy atom. The molecule has 0 aliphatic carbocycles. The number of hydrogen-bond acceptors (Lipinski definition) is 4. The van der Waals surface area contributed by atoms with E-state index in [1.807, 2.05) is 6.92 Å². The fourth-order valence-corrected chi connectivity index (χ4v) is 1.69. The Morgan fingerprint density at radius 1 is 1.25 bits per heavy atom. The minimum Gasteiger partial charge on any atom is -0.459 e. The first-order valence-corrected chi connectivity index (χ1v) is 6.05. The fourth-order valence-electron chi connectivity index (χ4n) is 1.69. The third kappa shape index (κ3) is 3.24. The molecule has 2 rings (SSSR count). The lowest BCUT2D eigenvalue weighted by Crippen LogP contribution is -2.21. The lowest BCUT2D eigenvalue weighted by Gasteiger charge is -2.10. The normalized spacial score (nSPS) is 10.1. The molecule has 2 aromatic rings. The van der Waals surface area contributed by atoms with Gasteiger partial charge in [0.25, 0.3) is 5.91 Å². The maximum atomic E-state index is 11.8. The van der Waals surface area contributed by atoms with Crippen LogP contribution in [0.5, 0.6) is 0 Å². The summed E-state index contributed by atoms with van der Waals surface area (Å²) < 4.78 is 5.02. The minimum atomic E-state index is -0.322. The van der Waals surface area contributed by atoms with Gasteiger partial charge in [0.15, 0.2) is 5.76 Å². The summed E-state index contributed by atoms with van der Waals surface area (Å²) in [7, 11) is 0. The zero-order chi connectivity index (χ0) is 14.5. The van der Waals surface area contributed by atoms with E-state index < -0.39 is 0 Å². The number of benzene rings is 1. The monoisotopic (exact) mass is 273 g/mol. The summed E-state index contributed by atoms with van der Waals surface area (Å²) in [6.45, 7) is 1.76. The lowest BCUT2D eigenvalue weighted by atomic mass is 10.1. The number of anilines is 2. The second kappa shape index (κ2) is 6.03. The van der Waals surface area contributed by atoms with Gasteiger partial charge in [0.1, 0.15) is 0 Å². The van der Waals surface area contributed by atoms with E-state index in [-0.39, 0.29) is 24.1 Å². The summed E-state index contributed by atoms with van der Waals surface area (Å²) in [6, 6.07) is 8.39. The van der Waals surface area contributed by atoms with Crippen LogP contribution < -0.4 is 16.4 Å². The number of furan rings is 1. The van der Waals surface area contributed by atoms with Crippen LogP contribution in [0.1, 0.15) is 16.1 Å². The molecule has 0 aliphatic rings. The van der Waals surface area contributed by atoms with Crippen LogP contribution >= 0.6 is 0 Å². The van der Waals surface area contributed by atoms with Gasteiger partial charge >= 0.3 is 0 Å². The number of carbonyl (C=O) groups is 2. The summed E-state index contributed by atoms with van der Waals surface area (Å²) in [4.78, 5) is 23.0. The third-order valence-corrected chi connectivity index (χ3v) is 2.69. The van der Waals surface area contributed by atoms with Crippen LogP contribution in [0.2, 0.25) is 0 Å². The van der Waals surface area contributed by atoms with Crippen LogP contribution in [-0.2, 0) is 4.79 Å². The van der Waals surface area contributed by atoms with Crippen molar-refractivity contribution in [2.24, 2.45) is 5.73 Å². The van der Waals surface area contributed by atoms with E-state index in [1.165, 1.54) is 6.26 Å². The van der Waals surface area contributed by atoms with Crippen molar-refractivity contribution in [3.05, 3.63) is 47.9 Å². The van der Waals surface area contributed by atoms with E-state index in [1.54, 1.807) is 30.3 Å². The first kappa shape index (κ1) is 13.8. The predicted molar refractivity (Wildman–Crippen MR) is 75.5 cm³/mol. The number of amides is 2. The second-order valence-electron chi connectivity index (χ2n) is 4.21. The molecule has 0 aliphatic heterocycles. The topological polar surface area (TPSA) is 97.4 Å². The molecule has 20 heavy (non-hydrogen) atoms. The highest BCUT2D eigenvalue weighted by Gasteiger charge is 2.10. The Morgan fingerprint density at radius 3 is 2.65 bits per heavy atom.